The van der Waals surface area contributed by atoms with Crippen molar-refractivity contribution in [2.24, 2.45) is 17.6 Å². The summed E-state index contributed by atoms with van der Waals surface area (Å²) in [5.41, 5.74) is 5.66. The molecule has 0 heterocycles. The summed E-state index contributed by atoms with van der Waals surface area (Å²) in [7, 11) is 0. The zero-order valence-corrected chi connectivity index (χ0v) is 8.29. The Bertz CT molecular complexity index is 149. The van der Waals surface area contributed by atoms with Gasteiger partial charge >= 0.3 is 0 Å². The molecule has 70 valence electrons. The molecule has 0 spiro atoms. The lowest BCUT2D eigenvalue weighted by molar-refractivity contribution is 0.325. The number of hydrogen-bond acceptors (Lipinski definition) is 1. The van der Waals surface area contributed by atoms with Gasteiger partial charge in [-0.25, -0.2) is 0 Å². The summed E-state index contributed by atoms with van der Waals surface area (Å²) < 4.78 is 0. The summed E-state index contributed by atoms with van der Waals surface area (Å²) >= 11 is 0. The minimum absolute atomic E-state index is 0.224. The van der Waals surface area contributed by atoms with E-state index in [1.165, 1.54) is 25.7 Å². The quantitative estimate of drug-likeness (QED) is 0.629. The molecule has 3 unspecified atom stereocenters. The van der Waals surface area contributed by atoms with E-state index in [0.717, 1.165) is 11.8 Å². The Morgan fingerprint density at radius 3 is 2.75 bits per heavy atom. The summed E-state index contributed by atoms with van der Waals surface area (Å²) in [6.07, 6.45) is 10.0. The first kappa shape index (κ1) is 9.79. The summed E-state index contributed by atoms with van der Waals surface area (Å²) in [6.45, 7) is 4.38. The van der Waals surface area contributed by atoms with Crippen LogP contribution in [0.3, 0.4) is 0 Å². The van der Waals surface area contributed by atoms with Gasteiger partial charge in [0.2, 0.25) is 0 Å². The van der Waals surface area contributed by atoms with Crippen molar-refractivity contribution in [3.8, 4) is 0 Å². The largest absolute Gasteiger partial charge is 0.325 e. The van der Waals surface area contributed by atoms with E-state index in [4.69, 9.17) is 5.73 Å². The molecule has 0 amide bonds. The van der Waals surface area contributed by atoms with Crippen LogP contribution in [0.5, 0.6) is 0 Å². The molecular weight excluding hydrogens is 146 g/mol. The molecule has 3 atom stereocenters. The number of nitrogens with two attached hydrogens (primary N) is 1. The molecule has 1 saturated carbocycles. The molecule has 0 saturated heterocycles. The van der Waals surface area contributed by atoms with Crippen LogP contribution in [-0.4, -0.2) is 6.04 Å². The van der Waals surface area contributed by atoms with Gasteiger partial charge in [0.05, 0.1) is 0 Å². The minimum Gasteiger partial charge on any atom is -0.325 e. The highest BCUT2D eigenvalue weighted by Gasteiger charge is 2.15. The van der Waals surface area contributed by atoms with Crippen molar-refractivity contribution in [1.29, 1.82) is 0 Å². The molecule has 12 heavy (non-hydrogen) atoms. The van der Waals surface area contributed by atoms with E-state index in [-0.39, 0.29) is 6.04 Å². The maximum absolute atomic E-state index is 5.66. The van der Waals surface area contributed by atoms with Crippen molar-refractivity contribution in [1.82, 2.24) is 0 Å². The van der Waals surface area contributed by atoms with E-state index < -0.39 is 0 Å². The lowest BCUT2D eigenvalue weighted by Gasteiger charge is -2.24. The molecule has 1 rings (SSSR count). The van der Waals surface area contributed by atoms with Gasteiger partial charge in [-0.2, -0.15) is 0 Å². The zero-order chi connectivity index (χ0) is 8.97. The number of allylic oxidation sites excluding steroid dienone is 1. The molecule has 2 N–H and O–H groups in total. The van der Waals surface area contributed by atoms with Gasteiger partial charge in [-0.3, -0.25) is 0 Å². The molecule has 1 nitrogen and oxygen atoms in total. The van der Waals surface area contributed by atoms with E-state index in [9.17, 15) is 0 Å². The van der Waals surface area contributed by atoms with Crippen molar-refractivity contribution in [2.75, 3.05) is 0 Å². The van der Waals surface area contributed by atoms with Gasteiger partial charge in [0.1, 0.15) is 0 Å². The maximum atomic E-state index is 5.66. The summed E-state index contributed by atoms with van der Waals surface area (Å²) in [6, 6.07) is 0.224. The first-order valence-electron chi connectivity index (χ1n) is 5.12. The number of rotatable bonds is 2. The topological polar surface area (TPSA) is 26.0 Å². The van der Waals surface area contributed by atoms with Crippen LogP contribution < -0.4 is 5.73 Å². The van der Waals surface area contributed by atoms with E-state index in [1.807, 2.05) is 6.92 Å². The Hall–Kier alpha value is -0.300. The van der Waals surface area contributed by atoms with Crippen molar-refractivity contribution >= 4 is 0 Å². The van der Waals surface area contributed by atoms with Crippen LogP contribution >= 0.6 is 0 Å². The van der Waals surface area contributed by atoms with Crippen molar-refractivity contribution < 1.29 is 0 Å². The molecule has 1 heteroatoms. The fourth-order valence-electron chi connectivity index (χ4n) is 1.99. The van der Waals surface area contributed by atoms with E-state index in [0.29, 0.717) is 0 Å². The van der Waals surface area contributed by atoms with E-state index >= 15 is 0 Å². The van der Waals surface area contributed by atoms with Crippen molar-refractivity contribution in [3.05, 3.63) is 12.2 Å². The first-order chi connectivity index (χ1) is 5.68. The second kappa shape index (κ2) is 4.66. The van der Waals surface area contributed by atoms with Gasteiger partial charge in [0.15, 0.2) is 0 Å². The zero-order valence-electron chi connectivity index (χ0n) is 8.29. The Labute approximate surface area is 76.0 Å². The minimum atomic E-state index is 0.224. The van der Waals surface area contributed by atoms with Gasteiger partial charge in [0, 0.05) is 6.04 Å². The van der Waals surface area contributed by atoms with Crippen LogP contribution in [0.2, 0.25) is 0 Å². The lowest BCUT2D eigenvalue weighted by atomic mass is 9.82. The van der Waals surface area contributed by atoms with Crippen LogP contribution in [0.1, 0.15) is 39.5 Å². The predicted octanol–water partition coefficient (Wildman–Crippen LogP) is 2.72. The van der Waals surface area contributed by atoms with Crippen LogP contribution in [0.4, 0.5) is 0 Å². The Morgan fingerprint density at radius 2 is 2.17 bits per heavy atom. The third-order valence-electron chi connectivity index (χ3n) is 2.66. The molecule has 0 aliphatic heterocycles. The molecule has 1 aliphatic carbocycles. The predicted molar refractivity (Wildman–Crippen MR) is 53.9 cm³/mol. The Kier molecular flexibility index (Phi) is 3.80. The number of hydrogen-bond donors (Lipinski definition) is 1. The fourth-order valence-corrected chi connectivity index (χ4v) is 1.99. The van der Waals surface area contributed by atoms with E-state index in [2.05, 4.69) is 19.1 Å². The molecule has 0 radical (unpaired) electrons. The van der Waals surface area contributed by atoms with Crippen molar-refractivity contribution in [2.45, 2.75) is 45.6 Å². The normalized spacial score (nSPS) is 33.9. The van der Waals surface area contributed by atoms with Crippen LogP contribution in [0, 0.1) is 11.8 Å². The molecule has 0 aromatic carbocycles. The average molecular weight is 167 g/mol. The van der Waals surface area contributed by atoms with Gasteiger partial charge in [-0.05, 0) is 31.6 Å². The smallest absolute Gasteiger partial charge is 0.0194 e. The van der Waals surface area contributed by atoms with Gasteiger partial charge < -0.3 is 5.73 Å². The summed E-state index contributed by atoms with van der Waals surface area (Å²) in [5.74, 6) is 1.72. The highest BCUT2D eigenvalue weighted by atomic mass is 14.6. The second-order valence-electron chi connectivity index (χ2n) is 4.28. The second-order valence-corrected chi connectivity index (χ2v) is 4.28. The summed E-state index contributed by atoms with van der Waals surface area (Å²) in [4.78, 5) is 0. The average Bonchev–Trinajstić information content (AvgIpc) is 2.01. The Morgan fingerprint density at radius 1 is 1.42 bits per heavy atom. The van der Waals surface area contributed by atoms with Crippen LogP contribution in [0.25, 0.3) is 0 Å². The highest BCUT2D eigenvalue weighted by Crippen LogP contribution is 2.29. The molecule has 1 fully saturated rings. The van der Waals surface area contributed by atoms with Gasteiger partial charge in [-0.1, -0.05) is 31.9 Å². The molecule has 0 aromatic heterocycles. The first-order valence-corrected chi connectivity index (χ1v) is 5.12. The van der Waals surface area contributed by atoms with E-state index in [1.54, 1.807) is 0 Å². The molecule has 1 aliphatic rings. The Balaban J connectivity index is 2.31. The molecule has 0 aromatic rings. The summed E-state index contributed by atoms with van der Waals surface area (Å²) in [5, 5.41) is 0. The third-order valence-corrected chi connectivity index (χ3v) is 2.66. The SMILES string of the molecule is CC(N)/C=C/C1CCCC(C)C1. The maximum Gasteiger partial charge on any atom is 0.0194 e. The standard InChI is InChI=1S/C11H21N/c1-9-4-3-5-11(8-9)7-6-10(2)12/h6-7,9-11H,3-5,8,12H2,1-2H3/b7-6+. The fraction of sp³-hybridized carbons (Fsp3) is 0.818. The van der Waals surface area contributed by atoms with Gasteiger partial charge in [0.25, 0.3) is 0 Å². The highest BCUT2D eigenvalue weighted by molar-refractivity contribution is 4.95. The molecular formula is C11H21N. The van der Waals surface area contributed by atoms with Crippen LogP contribution in [0.15, 0.2) is 12.2 Å². The van der Waals surface area contributed by atoms with Crippen molar-refractivity contribution in [3.63, 3.8) is 0 Å². The lowest BCUT2D eigenvalue weighted by Crippen LogP contribution is -2.14. The third kappa shape index (κ3) is 3.40. The monoisotopic (exact) mass is 167 g/mol. The molecule has 0 bridgehead atoms. The van der Waals surface area contributed by atoms with Crippen LogP contribution in [-0.2, 0) is 0 Å². The van der Waals surface area contributed by atoms with Gasteiger partial charge in [-0.15, -0.1) is 0 Å².